The van der Waals surface area contributed by atoms with Crippen LogP contribution in [0, 0.1) is 0 Å². The van der Waals surface area contributed by atoms with Gasteiger partial charge in [-0.2, -0.15) is 0 Å². The van der Waals surface area contributed by atoms with Crippen molar-refractivity contribution in [2.75, 3.05) is 0 Å². The molecule has 0 aliphatic heterocycles. The maximum absolute atomic E-state index is 6.06. The van der Waals surface area contributed by atoms with Crippen LogP contribution >= 0.6 is 11.5 Å². The predicted octanol–water partition coefficient (Wildman–Crippen LogP) is 1.19. The van der Waals surface area contributed by atoms with Gasteiger partial charge in [-0.3, -0.25) is 0 Å². The number of imidazole rings is 1. The summed E-state index contributed by atoms with van der Waals surface area (Å²) in [5.74, 6) is 0.851. The lowest BCUT2D eigenvalue weighted by Crippen LogP contribution is -2.18. The van der Waals surface area contributed by atoms with Crippen LogP contribution in [0.2, 0.25) is 0 Å². The van der Waals surface area contributed by atoms with Gasteiger partial charge in [-0.15, -0.1) is 5.10 Å². The molecule has 0 saturated carbocycles. The zero-order chi connectivity index (χ0) is 10.7. The molecular weight excluding hydrogens is 210 g/mol. The van der Waals surface area contributed by atoms with E-state index in [4.69, 9.17) is 5.73 Å². The van der Waals surface area contributed by atoms with Crippen molar-refractivity contribution in [3.63, 3.8) is 0 Å². The first-order chi connectivity index (χ1) is 7.33. The molecule has 0 bridgehead atoms. The second-order valence-electron chi connectivity index (χ2n) is 3.29. The van der Waals surface area contributed by atoms with Crippen LogP contribution in [-0.4, -0.2) is 19.1 Å². The maximum atomic E-state index is 6.06. The molecule has 0 aliphatic rings. The molecule has 0 fully saturated rings. The Kier molecular flexibility index (Phi) is 3.08. The molecule has 0 aromatic carbocycles. The molecule has 2 N–H and O–H groups in total. The van der Waals surface area contributed by atoms with Gasteiger partial charge in [0.2, 0.25) is 0 Å². The van der Waals surface area contributed by atoms with Crippen LogP contribution < -0.4 is 5.73 Å². The highest BCUT2D eigenvalue weighted by atomic mass is 32.1. The van der Waals surface area contributed by atoms with Crippen LogP contribution in [0.4, 0.5) is 0 Å². The van der Waals surface area contributed by atoms with E-state index < -0.39 is 0 Å². The topological polar surface area (TPSA) is 69.6 Å². The van der Waals surface area contributed by atoms with E-state index in [2.05, 4.69) is 26.1 Å². The van der Waals surface area contributed by atoms with Gasteiger partial charge < -0.3 is 10.3 Å². The molecule has 0 radical (unpaired) electrons. The number of nitrogens with zero attached hydrogens (tertiary/aromatic N) is 4. The van der Waals surface area contributed by atoms with Gasteiger partial charge in [0.05, 0.1) is 5.69 Å². The Bertz CT molecular complexity index is 408. The summed E-state index contributed by atoms with van der Waals surface area (Å²) in [4.78, 5) is 4.27. The smallest absolute Gasteiger partial charge is 0.131 e. The summed E-state index contributed by atoms with van der Waals surface area (Å²) < 4.78 is 5.86. The molecule has 5 nitrogen and oxygen atoms in total. The standard InChI is InChI=1S/C9H13N5S/c1-2-4-14-5-3-11-9(14)8(10)7-6-15-13-12-7/h3,5-6,8H,2,4,10H2,1H3. The van der Waals surface area contributed by atoms with Crippen molar-refractivity contribution in [2.24, 2.45) is 5.73 Å². The minimum absolute atomic E-state index is 0.273. The molecule has 2 rings (SSSR count). The number of hydrogen-bond acceptors (Lipinski definition) is 5. The number of nitrogens with two attached hydrogens (primary N) is 1. The molecule has 2 heterocycles. The third-order valence-corrected chi connectivity index (χ3v) is 2.71. The predicted molar refractivity (Wildman–Crippen MR) is 58.5 cm³/mol. The Hall–Kier alpha value is -1.27. The number of aryl methyl sites for hydroxylation is 1. The van der Waals surface area contributed by atoms with Gasteiger partial charge in [0.25, 0.3) is 0 Å². The second-order valence-corrected chi connectivity index (χ2v) is 3.90. The lowest BCUT2D eigenvalue weighted by atomic mass is 10.2. The molecule has 2 aromatic heterocycles. The number of hydrogen-bond donors (Lipinski definition) is 1. The van der Waals surface area contributed by atoms with E-state index in [0.29, 0.717) is 0 Å². The molecule has 15 heavy (non-hydrogen) atoms. The van der Waals surface area contributed by atoms with E-state index in [1.165, 1.54) is 11.5 Å². The Balaban J connectivity index is 2.25. The largest absolute Gasteiger partial charge is 0.333 e. The lowest BCUT2D eigenvalue weighted by molar-refractivity contribution is 0.606. The average molecular weight is 223 g/mol. The van der Waals surface area contributed by atoms with Crippen molar-refractivity contribution in [3.05, 3.63) is 29.3 Å². The van der Waals surface area contributed by atoms with Crippen LogP contribution in [0.5, 0.6) is 0 Å². The fourth-order valence-corrected chi connectivity index (χ4v) is 1.96. The summed E-state index contributed by atoms with van der Waals surface area (Å²) in [6, 6.07) is -0.273. The fourth-order valence-electron chi connectivity index (χ4n) is 1.47. The Morgan fingerprint density at radius 1 is 1.60 bits per heavy atom. The van der Waals surface area contributed by atoms with Gasteiger partial charge in [0.15, 0.2) is 0 Å². The fraction of sp³-hybridized carbons (Fsp3) is 0.444. The zero-order valence-electron chi connectivity index (χ0n) is 8.50. The van der Waals surface area contributed by atoms with Gasteiger partial charge in [-0.25, -0.2) is 4.98 Å². The molecule has 0 amide bonds. The first-order valence-corrected chi connectivity index (χ1v) is 5.70. The van der Waals surface area contributed by atoms with E-state index in [0.717, 1.165) is 24.5 Å². The van der Waals surface area contributed by atoms with Crippen molar-refractivity contribution < 1.29 is 0 Å². The molecule has 1 atom stereocenters. The van der Waals surface area contributed by atoms with Crippen LogP contribution in [0.15, 0.2) is 17.8 Å². The van der Waals surface area contributed by atoms with E-state index in [1.807, 2.05) is 11.6 Å². The molecule has 2 aromatic rings. The van der Waals surface area contributed by atoms with Crippen LogP contribution in [0.1, 0.15) is 30.9 Å². The van der Waals surface area contributed by atoms with Crippen molar-refractivity contribution >= 4 is 11.5 Å². The summed E-state index contributed by atoms with van der Waals surface area (Å²) in [7, 11) is 0. The van der Waals surface area contributed by atoms with Gasteiger partial charge in [-0.05, 0) is 18.0 Å². The summed E-state index contributed by atoms with van der Waals surface area (Å²) in [6.45, 7) is 3.06. The first-order valence-electron chi connectivity index (χ1n) is 4.86. The normalized spacial score (nSPS) is 12.9. The molecule has 0 aliphatic carbocycles. The Morgan fingerprint density at radius 3 is 3.13 bits per heavy atom. The van der Waals surface area contributed by atoms with Gasteiger partial charge in [0.1, 0.15) is 11.9 Å². The third-order valence-electron chi connectivity index (χ3n) is 2.19. The maximum Gasteiger partial charge on any atom is 0.131 e. The third kappa shape index (κ3) is 2.05. The van der Waals surface area contributed by atoms with E-state index in [-0.39, 0.29) is 6.04 Å². The zero-order valence-corrected chi connectivity index (χ0v) is 9.31. The molecule has 80 valence electrons. The molecule has 0 saturated heterocycles. The molecule has 1 unspecified atom stereocenters. The monoisotopic (exact) mass is 223 g/mol. The van der Waals surface area contributed by atoms with Crippen LogP contribution in [0.25, 0.3) is 0 Å². The summed E-state index contributed by atoms with van der Waals surface area (Å²) in [6.07, 6.45) is 4.77. The highest BCUT2D eigenvalue weighted by Crippen LogP contribution is 2.16. The van der Waals surface area contributed by atoms with E-state index in [1.54, 1.807) is 6.20 Å². The van der Waals surface area contributed by atoms with Crippen LogP contribution in [0.3, 0.4) is 0 Å². The second kappa shape index (κ2) is 4.50. The van der Waals surface area contributed by atoms with Crippen molar-refractivity contribution in [3.8, 4) is 0 Å². The van der Waals surface area contributed by atoms with Crippen LogP contribution in [-0.2, 0) is 6.54 Å². The average Bonchev–Trinajstić information content (AvgIpc) is 2.87. The molecule has 0 spiro atoms. The summed E-state index contributed by atoms with van der Waals surface area (Å²) in [5, 5.41) is 5.82. The van der Waals surface area contributed by atoms with Gasteiger partial charge in [-0.1, -0.05) is 11.4 Å². The number of rotatable bonds is 4. The van der Waals surface area contributed by atoms with E-state index >= 15 is 0 Å². The van der Waals surface area contributed by atoms with Crippen molar-refractivity contribution in [2.45, 2.75) is 25.9 Å². The highest BCUT2D eigenvalue weighted by Gasteiger charge is 2.16. The quantitative estimate of drug-likeness (QED) is 0.845. The first kappa shape index (κ1) is 10.3. The molecule has 6 heteroatoms. The van der Waals surface area contributed by atoms with E-state index in [9.17, 15) is 0 Å². The lowest BCUT2D eigenvalue weighted by Gasteiger charge is -2.10. The highest BCUT2D eigenvalue weighted by molar-refractivity contribution is 7.03. The summed E-state index contributed by atoms with van der Waals surface area (Å²) in [5.41, 5.74) is 6.84. The SMILES string of the molecule is CCCn1ccnc1C(N)c1csnn1. The Labute approximate surface area is 92.1 Å². The van der Waals surface area contributed by atoms with Gasteiger partial charge >= 0.3 is 0 Å². The minimum atomic E-state index is -0.273. The number of aromatic nitrogens is 4. The Morgan fingerprint density at radius 2 is 2.47 bits per heavy atom. The van der Waals surface area contributed by atoms with Crippen molar-refractivity contribution in [1.29, 1.82) is 0 Å². The van der Waals surface area contributed by atoms with Crippen molar-refractivity contribution in [1.82, 2.24) is 19.1 Å². The minimum Gasteiger partial charge on any atom is -0.333 e. The van der Waals surface area contributed by atoms with Gasteiger partial charge in [0, 0.05) is 24.3 Å². The molecular formula is C9H13N5S. The summed E-state index contributed by atoms with van der Waals surface area (Å²) >= 11 is 1.31.